The Morgan fingerprint density at radius 2 is 2.11 bits per heavy atom. The molecule has 1 aromatic rings. The van der Waals surface area contributed by atoms with Crippen LogP contribution < -0.4 is 5.32 Å². The third-order valence-electron chi connectivity index (χ3n) is 3.23. The third-order valence-corrected chi connectivity index (χ3v) is 3.72. The van der Waals surface area contributed by atoms with E-state index in [4.69, 9.17) is 0 Å². The standard InChI is InChI=1S/C15H22BrNO/c1-4-6-7-12(5-2)15(18)17-14-10-13(16)9-8-11(14)3/h8-10,12H,4-7H2,1-3H3,(H,17,18). The van der Waals surface area contributed by atoms with Gasteiger partial charge in [-0.3, -0.25) is 4.79 Å². The number of hydrogen-bond acceptors (Lipinski definition) is 1. The van der Waals surface area contributed by atoms with Crippen LogP contribution in [0.15, 0.2) is 22.7 Å². The van der Waals surface area contributed by atoms with Crippen molar-refractivity contribution in [2.45, 2.75) is 46.5 Å². The van der Waals surface area contributed by atoms with Crippen LogP contribution in [0.5, 0.6) is 0 Å². The quantitative estimate of drug-likeness (QED) is 0.794. The maximum absolute atomic E-state index is 12.2. The van der Waals surface area contributed by atoms with Crippen molar-refractivity contribution in [3.05, 3.63) is 28.2 Å². The Morgan fingerprint density at radius 3 is 2.72 bits per heavy atom. The van der Waals surface area contributed by atoms with E-state index in [2.05, 4.69) is 35.1 Å². The largest absolute Gasteiger partial charge is 0.326 e. The minimum Gasteiger partial charge on any atom is -0.326 e. The fraction of sp³-hybridized carbons (Fsp3) is 0.533. The minimum atomic E-state index is 0.128. The first-order valence-electron chi connectivity index (χ1n) is 6.65. The van der Waals surface area contributed by atoms with Crippen LogP contribution in [0.3, 0.4) is 0 Å². The van der Waals surface area contributed by atoms with Crippen LogP contribution in [0, 0.1) is 12.8 Å². The molecule has 0 bridgehead atoms. The molecule has 1 N–H and O–H groups in total. The van der Waals surface area contributed by atoms with Crippen molar-refractivity contribution in [1.29, 1.82) is 0 Å². The number of carbonyl (C=O) groups is 1. The van der Waals surface area contributed by atoms with Crippen LogP contribution in [-0.4, -0.2) is 5.91 Å². The summed E-state index contributed by atoms with van der Waals surface area (Å²) in [6, 6.07) is 5.95. The van der Waals surface area contributed by atoms with Gasteiger partial charge in [0.1, 0.15) is 0 Å². The summed E-state index contributed by atoms with van der Waals surface area (Å²) in [7, 11) is 0. The third kappa shape index (κ3) is 4.45. The van der Waals surface area contributed by atoms with Gasteiger partial charge in [-0.05, 0) is 37.5 Å². The molecule has 100 valence electrons. The van der Waals surface area contributed by atoms with Gasteiger partial charge in [-0.15, -0.1) is 0 Å². The summed E-state index contributed by atoms with van der Waals surface area (Å²) in [5, 5.41) is 3.04. The number of hydrogen-bond donors (Lipinski definition) is 1. The first kappa shape index (κ1) is 15.2. The average molecular weight is 312 g/mol. The zero-order chi connectivity index (χ0) is 13.5. The number of rotatable bonds is 6. The molecule has 1 atom stereocenters. The lowest BCUT2D eigenvalue weighted by atomic mass is 9.98. The summed E-state index contributed by atoms with van der Waals surface area (Å²) >= 11 is 3.43. The molecule has 0 aliphatic carbocycles. The van der Waals surface area contributed by atoms with Crippen molar-refractivity contribution in [3.8, 4) is 0 Å². The molecule has 0 spiro atoms. The van der Waals surface area contributed by atoms with E-state index in [1.165, 1.54) is 0 Å². The lowest BCUT2D eigenvalue weighted by Gasteiger charge is -2.16. The highest BCUT2D eigenvalue weighted by molar-refractivity contribution is 9.10. The van der Waals surface area contributed by atoms with E-state index in [1.54, 1.807) is 0 Å². The predicted octanol–water partition coefficient (Wildman–Crippen LogP) is 4.91. The van der Waals surface area contributed by atoms with Crippen LogP contribution in [-0.2, 0) is 4.79 Å². The van der Waals surface area contributed by atoms with Crippen LogP contribution in [0.1, 0.15) is 45.1 Å². The fourth-order valence-electron chi connectivity index (χ4n) is 1.93. The first-order chi connectivity index (χ1) is 8.58. The molecule has 1 amide bonds. The number of carbonyl (C=O) groups excluding carboxylic acids is 1. The van der Waals surface area contributed by atoms with Gasteiger partial charge in [0.15, 0.2) is 0 Å². The molecule has 0 aliphatic heterocycles. The molecule has 0 aromatic heterocycles. The minimum absolute atomic E-state index is 0.128. The van der Waals surface area contributed by atoms with Crippen LogP contribution in [0.4, 0.5) is 5.69 Å². The van der Waals surface area contributed by atoms with Crippen molar-refractivity contribution >= 4 is 27.5 Å². The molecule has 3 heteroatoms. The number of anilines is 1. The highest BCUT2D eigenvalue weighted by Crippen LogP contribution is 2.22. The van der Waals surface area contributed by atoms with Gasteiger partial charge in [0.2, 0.25) is 5.91 Å². The van der Waals surface area contributed by atoms with E-state index in [0.29, 0.717) is 0 Å². The molecular weight excluding hydrogens is 290 g/mol. The second kappa shape index (κ2) is 7.57. The van der Waals surface area contributed by atoms with Gasteiger partial charge in [-0.2, -0.15) is 0 Å². The lowest BCUT2D eigenvalue weighted by molar-refractivity contribution is -0.120. The predicted molar refractivity (Wildman–Crippen MR) is 80.8 cm³/mol. The monoisotopic (exact) mass is 311 g/mol. The molecule has 18 heavy (non-hydrogen) atoms. The van der Waals surface area contributed by atoms with Crippen LogP contribution >= 0.6 is 15.9 Å². The average Bonchev–Trinajstić information content (AvgIpc) is 2.35. The van der Waals surface area contributed by atoms with Gasteiger partial charge in [0.05, 0.1) is 0 Å². The van der Waals surface area contributed by atoms with Crippen molar-refractivity contribution in [2.24, 2.45) is 5.92 Å². The maximum atomic E-state index is 12.2. The number of unbranched alkanes of at least 4 members (excludes halogenated alkanes) is 1. The van der Waals surface area contributed by atoms with Gasteiger partial charge in [-0.25, -0.2) is 0 Å². The van der Waals surface area contributed by atoms with Gasteiger partial charge >= 0.3 is 0 Å². The zero-order valence-electron chi connectivity index (χ0n) is 11.4. The summed E-state index contributed by atoms with van der Waals surface area (Å²) in [6.45, 7) is 6.24. The molecule has 0 saturated carbocycles. The molecule has 1 unspecified atom stereocenters. The molecule has 1 aromatic carbocycles. The van der Waals surface area contributed by atoms with Gasteiger partial charge in [0, 0.05) is 16.1 Å². The second-order valence-electron chi connectivity index (χ2n) is 4.70. The number of halogens is 1. The van der Waals surface area contributed by atoms with Crippen molar-refractivity contribution < 1.29 is 4.79 Å². The van der Waals surface area contributed by atoms with Gasteiger partial charge < -0.3 is 5.32 Å². The SMILES string of the molecule is CCCCC(CC)C(=O)Nc1cc(Br)ccc1C. The Kier molecular flexibility index (Phi) is 6.41. The molecular formula is C15H22BrNO. The smallest absolute Gasteiger partial charge is 0.227 e. The van der Waals surface area contributed by atoms with E-state index in [1.807, 2.05) is 25.1 Å². The highest BCUT2D eigenvalue weighted by Gasteiger charge is 2.16. The van der Waals surface area contributed by atoms with Gasteiger partial charge in [-0.1, -0.05) is 48.7 Å². The highest BCUT2D eigenvalue weighted by atomic mass is 79.9. The van der Waals surface area contributed by atoms with Gasteiger partial charge in [0.25, 0.3) is 0 Å². The molecule has 0 heterocycles. The van der Waals surface area contributed by atoms with E-state index in [0.717, 1.165) is 41.4 Å². The Bertz CT molecular complexity index is 403. The molecule has 1 rings (SSSR count). The summed E-state index contributed by atoms with van der Waals surface area (Å²) in [4.78, 5) is 12.2. The van der Waals surface area contributed by atoms with E-state index in [-0.39, 0.29) is 11.8 Å². The van der Waals surface area contributed by atoms with Crippen molar-refractivity contribution in [3.63, 3.8) is 0 Å². The van der Waals surface area contributed by atoms with E-state index < -0.39 is 0 Å². The molecule has 0 fully saturated rings. The van der Waals surface area contributed by atoms with E-state index >= 15 is 0 Å². The fourth-order valence-corrected chi connectivity index (χ4v) is 2.30. The van der Waals surface area contributed by atoms with Crippen molar-refractivity contribution in [2.75, 3.05) is 5.32 Å². The summed E-state index contributed by atoms with van der Waals surface area (Å²) < 4.78 is 0.991. The first-order valence-corrected chi connectivity index (χ1v) is 7.44. The Labute approximate surface area is 118 Å². The van der Waals surface area contributed by atoms with Crippen LogP contribution in [0.25, 0.3) is 0 Å². The summed E-state index contributed by atoms with van der Waals surface area (Å²) in [6.07, 6.45) is 4.13. The molecule has 0 saturated heterocycles. The lowest BCUT2D eigenvalue weighted by Crippen LogP contribution is -2.22. The normalized spacial score (nSPS) is 12.2. The molecule has 2 nitrogen and oxygen atoms in total. The Hall–Kier alpha value is -0.830. The van der Waals surface area contributed by atoms with Crippen molar-refractivity contribution in [1.82, 2.24) is 0 Å². The van der Waals surface area contributed by atoms with E-state index in [9.17, 15) is 4.79 Å². The number of aryl methyl sites for hydroxylation is 1. The Balaban J connectivity index is 2.70. The molecule has 0 radical (unpaired) electrons. The maximum Gasteiger partial charge on any atom is 0.227 e. The zero-order valence-corrected chi connectivity index (χ0v) is 13.0. The number of amides is 1. The Morgan fingerprint density at radius 1 is 1.39 bits per heavy atom. The number of benzene rings is 1. The molecule has 0 aliphatic rings. The topological polar surface area (TPSA) is 29.1 Å². The summed E-state index contributed by atoms with van der Waals surface area (Å²) in [5.74, 6) is 0.274. The second-order valence-corrected chi connectivity index (χ2v) is 5.61. The van der Waals surface area contributed by atoms with Crippen LogP contribution in [0.2, 0.25) is 0 Å². The summed E-state index contributed by atoms with van der Waals surface area (Å²) in [5.41, 5.74) is 2.00. The number of nitrogens with one attached hydrogen (secondary N) is 1.